The number of rotatable bonds is 1. The van der Waals surface area contributed by atoms with Gasteiger partial charge < -0.3 is 9.88 Å². The van der Waals surface area contributed by atoms with Gasteiger partial charge in [-0.1, -0.05) is 34.1 Å². The molecule has 0 saturated carbocycles. The molecular formula is C16H15BrN4. The number of fused-ring (bicyclic) bond motifs is 2. The van der Waals surface area contributed by atoms with Gasteiger partial charge >= 0.3 is 0 Å². The fourth-order valence-corrected chi connectivity index (χ4v) is 3.29. The summed E-state index contributed by atoms with van der Waals surface area (Å²) in [5, 5.41) is 14.6. The second-order valence-corrected chi connectivity index (χ2v) is 6.33. The maximum absolute atomic E-state index is 4.41. The molecule has 2 heterocycles. The van der Waals surface area contributed by atoms with Crippen LogP contribution in [-0.4, -0.2) is 21.3 Å². The van der Waals surface area contributed by atoms with Gasteiger partial charge in [0, 0.05) is 23.1 Å². The minimum absolute atomic E-state index is 0.261. The first-order chi connectivity index (χ1) is 10.2. The monoisotopic (exact) mass is 342 g/mol. The molecule has 1 aliphatic heterocycles. The SMILES string of the molecule is CC1NCCn2c(-c3ccc4cc(Br)ccc4c3)nnc21. The molecule has 0 amide bonds. The molecule has 0 aliphatic carbocycles. The van der Waals surface area contributed by atoms with Crippen LogP contribution in [0.1, 0.15) is 18.8 Å². The highest BCUT2D eigenvalue weighted by atomic mass is 79.9. The summed E-state index contributed by atoms with van der Waals surface area (Å²) in [6.07, 6.45) is 0. The lowest BCUT2D eigenvalue weighted by Gasteiger charge is -2.22. The fraction of sp³-hybridized carbons (Fsp3) is 0.250. The van der Waals surface area contributed by atoms with Crippen LogP contribution >= 0.6 is 15.9 Å². The highest BCUT2D eigenvalue weighted by Crippen LogP contribution is 2.27. The van der Waals surface area contributed by atoms with Crippen LogP contribution in [0.5, 0.6) is 0 Å². The summed E-state index contributed by atoms with van der Waals surface area (Å²) >= 11 is 3.51. The summed E-state index contributed by atoms with van der Waals surface area (Å²) in [5.74, 6) is 1.98. The van der Waals surface area contributed by atoms with E-state index in [4.69, 9.17) is 0 Å². The number of benzene rings is 2. The number of aromatic nitrogens is 3. The predicted molar refractivity (Wildman–Crippen MR) is 87.1 cm³/mol. The van der Waals surface area contributed by atoms with Crippen LogP contribution in [0.2, 0.25) is 0 Å². The molecule has 0 bridgehead atoms. The Kier molecular flexibility index (Phi) is 3.05. The third-order valence-electron chi connectivity index (χ3n) is 4.01. The van der Waals surface area contributed by atoms with E-state index in [-0.39, 0.29) is 6.04 Å². The first-order valence-corrected chi connectivity index (χ1v) is 7.88. The van der Waals surface area contributed by atoms with Crippen LogP contribution in [0.25, 0.3) is 22.2 Å². The molecule has 0 saturated heterocycles. The van der Waals surface area contributed by atoms with Gasteiger partial charge in [-0.05, 0) is 35.9 Å². The zero-order chi connectivity index (χ0) is 14.4. The summed E-state index contributed by atoms with van der Waals surface area (Å²) in [4.78, 5) is 0. The summed E-state index contributed by atoms with van der Waals surface area (Å²) < 4.78 is 3.32. The number of hydrogen-bond acceptors (Lipinski definition) is 3. The number of nitrogens with zero attached hydrogens (tertiary/aromatic N) is 3. The van der Waals surface area contributed by atoms with Gasteiger partial charge in [-0.3, -0.25) is 0 Å². The van der Waals surface area contributed by atoms with Crippen molar-refractivity contribution >= 4 is 26.7 Å². The van der Waals surface area contributed by atoms with Crippen molar-refractivity contribution in [2.75, 3.05) is 6.54 Å². The highest BCUT2D eigenvalue weighted by molar-refractivity contribution is 9.10. The van der Waals surface area contributed by atoms with Crippen LogP contribution in [0.3, 0.4) is 0 Å². The average Bonchev–Trinajstić information content (AvgIpc) is 2.92. The van der Waals surface area contributed by atoms with Gasteiger partial charge in [-0.25, -0.2) is 0 Å². The molecule has 1 aromatic heterocycles. The fourth-order valence-electron chi connectivity index (χ4n) is 2.91. The van der Waals surface area contributed by atoms with Crippen LogP contribution < -0.4 is 5.32 Å². The van der Waals surface area contributed by atoms with E-state index in [1.807, 2.05) is 0 Å². The van der Waals surface area contributed by atoms with E-state index in [0.29, 0.717) is 0 Å². The lowest BCUT2D eigenvalue weighted by Crippen LogP contribution is -2.32. The first kappa shape index (κ1) is 13.0. The predicted octanol–water partition coefficient (Wildman–Crippen LogP) is 3.53. The lowest BCUT2D eigenvalue weighted by molar-refractivity contribution is 0.439. The molecule has 4 rings (SSSR count). The molecule has 21 heavy (non-hydrogen) atoms. The molecular weight excluding hydrogens is 328 g/mol. The van der Waals surface area contributed by atoms with Crippen LogP contribution in [0.4, 0.5) is 0 Å². The number of nitrogens with one attached hydrogen (secondary N) is 1. The van der Waals surface area contributed by atoms with Crippen molar-refractivity contribution in [1.82, 2.24) is 20.1 Å². The highest BCUT2D eigenvalue weighted by Gasteiger charge is 2.21. The Hall–Kier alpha value is -1.72. The Balaban J connectivity index is 1.85. The van der Waals surface area contributed by atoms with Crippen molar-refractivity contribution in [3.05, 3.63) is 46.7 Å². The Morgan fingerprint density at radius 2 is 1.95 bits per heavy atom. The second kappa shape index (κ2) is 4.93. The van der Waals surface area contributed by atoms with Crippen molar-refractivity contribution in [2.24, 2.45) is 0 Å². The van der Waals surface area contributed by atoms with Gasteiger partial charge in [0.25, 0.3) is 0 Å². The molecule has 1 aliphatic rings. The van der Waals surface area contributed by atoms with E-state index in [1.165, 1.54) is 10.8 Å². The lowest BCUT2D eigenvalue weighted by atomic mass is 10.1. The Labute approximate surface area is 131 Å². The molecule has 1 N–H and O–H groups in total. The van der Waals surface area contributed by atoms with Crippen molar-refractivity contribution in [3.63, 3.8) is 0 Å². The van der Waals surface area contributed by atoms with Gasteiger partial charge in [0.1, 0.15) is 5.82 Å². The Bertz CT molecular complexity index is 824. The van der Waals surface area contributed by atoms with Crippen LogP contribution in [-0.2, 0) is 6.54 Å². The molecule has 106 valence electrons. The maximum atomic E-state index is 4.41. The normalized spacial score (nSPS) is 17.9. The van der Waals surface area contributed by atoms with Crippen molar-refractivity contribution < 1.29 is 0 Å². The third-order valence-corrected chi connectivity index (χ3v) is 4.51. The molecule has 0 fully saturated rings. The molecule has 0 spiro atoms. The van der Waals surface area contributed by atoms with Crippen molar-refractivity contribution in [2.45, 2.75) is 19.5 Å². The summed E-state index contributed by atoms with van der Waals surface area (Å²) in [5.41, 5.74) is 1.12. The maximum Gasteiger partial charge on any atom is 0.164 e. The third kappa shape index (κ3) is 2.17. The van der Waals surface area contributed by atoms with Crippen molar-refractivity contribution in [1.29, 1.82) is 0 Å². The van der Waals surface area contributed by atoms with Crippen LogP contribution in [0, 0.1) is 0 Å². The molecule has 2 aromatic carbocycles. The summed E-state index contributed by atoms with van der Waals surface area (Å²) in [6.45, 7) is 4.00. The standard InChI is InChI=1S/C16H15BrN4/c1-10-15-19-20-16(21(15)7-6-18-10)13-3-2-12-9-14(17)5-4-11(12)8-13/h2-5,8-10,18H,6-7H2,1H3. The molecule has 0 radical (unpaired) electrons. The van der Waals surface area contributed by atoms with E-state index >= 15 is 0 Å². The van der Waals surface area contributed by atoms with E-state index in [2.05, 4.69) is 79.3 Å². The largest absolute Gasteiger partial charge is 0.308 e. The first-order valence-electron chi connectivity index (χ1n) is 7.08. The summed E-state index contributed by atoms with van der Waals surface area (Å²) in [6, 6.07) is 13.0. The molecule has 5 heteroatoms. The molecule has 1 unspecified atom stereocenters. The van der Waals surface area contributed by atoms with Crippen molar-refractivity contribution in [3.8, 4) is 11.4 Å². The van der Waals surface area contributed by atoms with Gasteiger partial charge in [0.15, 0.2) is 5.82 Å². The van der Waals surface area contributed by atoms with E-state index in [9.17, 15) is 0 Å². The molecule has 1 atom stereocenters. The smallest absolute Gasteiger partial charge is 0.164 e. The van der Waals surface area contributed by atoms with Gasteiger partial charge in [0.2, 0.25) is 0 Å². The van der Waals surface area contributed by atoms with Gasteiger partial charge in [0.05, 0.1) is 6.04 Å². The molecule has 4 nitrogen and oxygen atoms in total. The minimum atomic E-state index is 0.261. The topological polar surface area (TPSA) is 42.7 Å². The summed E-state index contributed by atoms with van der Waals surface area (Å²) in [7, 11) is 0. The Morgan fingerprint density at radius 3 is 2.86 bits per heavy atom. The van der Waals surface area contributed by atoms with Gasteiger partial charge in [-0.2, -0.15) is 0 Å². The quantitative estimate of drug-likeness (QED) is 0.735. The number of halogens is 1. The van der Waals surface area contributed by atoms with Gasteiger partial charge in [-0.15, -0.1) is 10.2 Å². The van der Waals surface area contributed by atoms with E-state index in [0.717, 1.165) is 34.8 Å². The van der Waals surface area contributed by atoms with Crippen LogP contribution in [0.15, 0.2) is 40.9 Å². The minimum Gasteiger partial charge on any atom is -0.308 e. The zero-order valence-electron chi connectivity index (χ0n) is 11.7. The zero-order valence-corrected chi connectivity index (χ0v) is 13.3. The van der Waals surface area contributed by atoms with E-state index < -0.39 is 0 Å². The average molecular weight is 343 g/mol. The second-order valence-electron chi connectivity index (χ2n) is 5.42. The van der Waals surface area contributed by atoms with E-state index in [1.54, 1.807) is 0 Å². The number of hydrogen-bond donors (Lipinski definition) is 1. The molecule has 3 aromatic rings. The Morgan fingerprint density at radius 1 is 1.14 bits per heavy atom.